The molecule has 1 rings (SSSR count). The highest BCUT2D eigenvalue weighted by molar-refractivity contribution is 5.97. The molecule has 0 bridgehead atoms. The first-order chi connectivity index (χ1) is 10.5. The Hall–Kier alpha value is -2.11. The third-order valence-corrected chi connectivity index (χ3v) is 3.42. The highest BCUT2D eigenvalue weighted by Crippen LogP contribution is 2.07. The maximum Gasteiger partial charge on any atom is 0.266 e. The molecule has 0 saturated carbocycles. The van der Waals surface area contributed by atoms with Gasteiger partial charge in [-0.3, -0.25) is 9.59 Å². The molecule has 0 atom stereocenters. The molecule has 122 valence electrons. The second-order valence-electron chi connectivity index (χ2n) is 4.78. The quantitative estimate of drug-likeness (QED) is 0.396. The smallest absolute Gasteiger partial charge is 0.266 e. The van der Waals surface area contributed by atoms with Crippen molar-refractivity contribution >= 4 is 11.8 Å². The van der Waals surface area contributed by atoms with E-state index in [1.807, 2.05) is 6.07 Å². The van der Waals surface area contributed by atoms with Gasteiger partial charge in [-0.2, -0.15) is 5.26 Å². The molecule has 0 aliphatic carbocycles. The number of nitrogens with one attached hydrogen (secondary N) is 1. The second kappa shape index (κ2) is 9.02. The van der Waals surface area contributed by atoms with Gasteiger partial charge in [0, 0.05) is 53.5 Å². The molecule has 8 heteroatoms. The van der Waals surface area contributed by atoms with Crippen molar-refractivity contribution in [3.05, 3.63) is 11.8 Å². The summed E-state index contributed by atoms with van der Waals surface area (Å²) >= 11 is 0. The van der Waals surface area contributed by atoms with Crippen LogP contribution in [0.15, 0.2) is 11.8 Å². The Morgan fingerprint density at radius 1 is 1.23 bits per heavy atom. The monoisotopic (exact) mass is 310 g/mol. The number of nitriles is 1. The number of ether oxygens (including phenoxy) is 2. The molecule has 1 aliphatic rings. The van der Waals surface area contributed by atoms with Gasteiger partial charge in [0.1, 0.15) is 11.6 Å². The lowest BCUT2D eigenvalue weighted by Gasteiger charge is -2.34. The first-order valence-corrected chi connectivity index (χ1v) is 6.97. The van der Waals surface area contributed by atoms with Crippen LogP contribution in [-0.2, 0) is 19.1 Å². The maximum absolute atomic E-state index is 12.2. The van der Waals surface area contributed by atoms with Crippen molar-refractivity contribution in [2.75, 3.05) is 46.9 Å². The number of piperazine rings is 1. The number of carbonyl (C=O) groups is 2. The van der Waals surface area contributed by atoms with E-state index in [1.54, 1.807) is 9.80 Å². The summed E-state index contributed by atoms with van der Waals surface area (Å²) in [5, 5.41) is 12.0. The van der Waals surface area contributed by atoms with Gasteiger partial charge in [-0.05, 0) is 0 Å². The van der Waals surface area contributed by atoms with E-state index in [4.69, 9.17) is 14.7 Å². The molecule has 0 unspecified atom stereocenters. The zero-order chi connectivity index (χ0) is 16.5. The molecule has 1 saturated heterocycles. The summed E-state index contributed by atoms with van der Waals surface area (Å²) < 4.78 is 9.99. The Kier molecular flexibility index (Phi) is 7.36. The van der Waals surface area contributed by atoms with Crippen LogP contribution in [-0.4, -0.2) is 74.8 Å². The molecule has 0 radical (unpaired) electrons. The summed E-state index contributed by atoms with van der Waals surface area (Å²) in [6.45, 7) is 3.66. The Balaban J connectivity index is 2.55. The Bertz CT molecular complexity index is 460. The standard InChI is InChI=1S/C14H22N4O4/c1-11(19)17-4-6-18(7-5-17)14(20)12(8-15)9-16-10-13(21-2)22-3/h9,13,16H,4-7,10H2,1-3H3/b12-9-. The number of amides is 2. The van der Waals surface area contributed by atoms with E-state index < -0.39 is 6.29 Å². The van der Waals surface area contributed by atoms with Crippen molar-refractivity contribution in [2.45, 2.75) is 13.2 Å². The first kappa shape index (κ1) is 17.9. The van der Waals surface area contributed by atoms with Gasteiger partial charge in [-0.25, -0.2) is 0 Å². The van der Waals surface area contributed by atoms with Gasteiger partial charge in [-0.1, -0.05) is 0 Å². The van der Waals surface area contributed by atoms with Crippen LogP contribution in [0, 0.1) is 11.3 Å². The minimum atomic E-state index is -0.453. The SMILES string of the molecule is COC(CN/C=C(/C#N)C(=O)N1CCN(C(C)=O)CC1)OC. The van der Waals surface area contributed by atoms with Crippen molar-refractivity contribution in [2.24, 2.45) is 0 Å². The Labute approximate surface area is 130 Å². The summed E-state index contributed by atoms with van der Waals surface area (Å²) in [5.74, 6) is -0.348. The van der Waals surface area contributed by atoms with Crippen LogP contribution in [0.3, 0.4) is 0 Å². The minimum Gasteiger partial charge on any atom is -0.385 e. The molecular formula is C14H22N4O4. The fourth-order valence-corrected chi connectivity index (χ4v) is 2.06. The van der Waals surface area contributed by atoms with E-state index in [0.717, 1.165) is 0 Å². The van der Waals surface area contributed by atoms with Crippen molar-refractivity contribution in [1.82, 2.24) is 15.1 Å². The lowest BCUT2D eigenvalue weighted by molar-refractivity contribution is -0.136. The van der Waals surface area contributed by atoms with Gasteiger partial charge in [0.05, 0.1) is 6.54 Å². The minimum absolute atomic E-state index is 0.00464. The number of methoxy groups -OCH3 is 2. The molecule has 22 heavy (non-hydrogen) atoms. The third-order valence-electron chi connectivity index (χ3n) is 3.42. The molecule has 0 aromatic heterocycles. The predicted octanol–water partition coefficient (Wildman–Crippen LogP) is -0.707. The largest absolute Gasteiger partial charge is 0.385 e. The number of carbonyl (C=O) groups excluding carboxylic acids is 2. The van der Waals surface area contributed by atoms with E-state index in [0.29, 0.717) is 32.7 Å². The zero-order valence-corrected chi connectivity index (χ0v) is 13.2. The molecule has 0 spiro atoms. The summed E-state index contributed by atoms with van der Waals surface area (Å²) in [4.78, 5) is 26.8. The molecule has 0 aromatic rings. The molecule has 0 aromatic carbocycles. The number of hydrogen-bond donors (Lipinski definition) is 1. The Morgan fingerprint density at radius 2 is 1.77 bits per heavy atom. The van der Waals surface area contributed by atoms with Crippen LogP contribution in [0.4, 0.5) is 0 Å². The Morgan fingerprint density at radius 3 is 2.23 bits per heavy atom. The third kappa shape index (κ3) is 5.02. The maximum atomic E-state index is 12.2. The van der Waals surface area contributed by atoms with Crippen LogP contribution < -0.4 is 5.32 Å². The zero-order valence-electron chi connectivity index (χ0n) is 13.2. The highest BCUT2D eigenvalue weighted by atomic mass is 16.7. The van der Waals surface area contributed by atoms with Crippen LogP contribution in [0.25, 0.3) is 0 Å². The van der Waals surface area contributed by atoms with Crippen molar-refractivity contribution in [1.29, 1.82) is 5.26 Å². The van der Waals surface area contributed by atoms with Crippen molar-refractivity contribution in [3.63, 3.8) is 0 Å². The molecular weight excluding hydrogens is 288 g/mol. The topological polar surface area (TPSA) is 94.9 Å². The van der Waals surface area contributed by atoms with Gasteiger partial charge in [0.15, 0.2) is 6.29 Å². The molecule has 2 amide bonds. The van der Waals surface area contributed by atoms with E-state index in [2.05, 4.69) is 5.32 Å². The van der Waals surface area contributed by atoms with Crippen LogP contribution in [0.2, 0.25) is 0 Å². The lowest BCUT2D eigenvalue weighted by atomic mass is 10.2. The molecule has 1 N–H and O–H groups in total. The fourth-order valence-electron chi connectivity index (χ4n) is 2.06. The molecule has 8 nitrogen and oxygen atoms in total. The van der Waals surface area contributed by atoms with Gasteiger partial charge in [0.25, 0.3) is 5.91 Å². The second-order valence-corrected chi connectivity index (χ2v) is 4.78. The summed E-state index contributed by atoms with van der Waals surface area (Å²) in [6, 6.07) is 1.89. The number of rotatable bonds is 6. The molecule has 1 heterocycles. The molecule has 1 fully saturated rings. The van der Waals surface area contributed by atoms with Gasteiger partial charge in [0.2, 0.25) is 5.91 Å². The van der Waals surface area contributed by atoms with E-state index in [-0.39, 0.29) is 17.4 Å². The summed E-state index contributed by atoms with van der Waals surface area (Å²) in [7, 11) is 3.01. The highest BCUT2D eigenvalue weighted by Gasteiger charge is 2.24. The van der Waals surface area contributed by atoms with E-state index in [1.165, 1.54) is 27.3 Å². The molecule has 1 aliphatic heterocycles. The van der Waals surface area contributed by atoms with Crippen LogP contribution in [0.1, 0.15) is 6.92 Å². The van der Waals surface area contributed by atoms with Crippen LogP contribution >= 0.6 is 0 Å². The van der Waals surface area contributed by atoms with Crippen LogP contribution in [0.5, 0.6) is 0 Å². The fraction of sp³-hybridized carbons (Fsp3) is 0.643. The first-order valence-electron chi connectivity index (χ1n) is 6.97. The average Bonchev–Trinajstić information content (AvgIpc) is 2.54. The summed E-state index contributed by atoms with van der Waals surface area (Å²) in [5.41, 5.74) is 0.0160. The van der Waals surface area contributed by atoms with Crippen molar-refractivity contribution < 1.29 is 19.1 Å². The lowest BCUT2D eigenvalue weighted by Crippen LogP contribution is -2.50. The number of hydrogen-bond acceptors (Lipinski definition) is 6. The summed E-state index contributed by atoms with van der Waals surface area (Å²) in [6.07, 6.45) is 0.912. The van der Waals surface area contributed by atoms with E-state index in [9.17, 15) is 9.59 Å². The number of nitrogens with zero attached hydrogens (tertiary/aromatic N) is 3. The van der Waals surface area contributed by atoms with Crippen molar-refractivity contribution in [3.8, 4) is 6.07 Å². The normalized spacial score (nSPS) is 15.7. The van der Waals surface area contributed by atoms with Gasteiger partial charge in [-0.15, -0.1) is 0 Å². The van der Waals surface area contributed by atoms with Gasteiger partial charge >= 0.3 is 0 Å². The van der Waals surface area contributed by atoms with Gasteiger partial charge < -0.3 is 24.6 Å². The predicted molar refractivity (Wildman–Crippen MR) is 78.3 cm³/mol. The average molecular weight is 310 g/mol. The van der Waals surface area contributed by atoms with E-state index >= 15 is 0 Å².